The summed E-state index contributed by atoms with van der Waals surface area (Å²) in [5.41, 5.74) is 1.67. The third-order valence-electron chi connectivity index (χ3n) is 5.53. The average Bonchev–Trinajstić information content (AvgIpc) is 3.28. The van der Waals surface area contributed by atoms with Crippen LogP contribution in [0.2, 0.25) is 0 Å². The predicted octanol–water partition coefficient (Wildman–Crippen LogP) is 5.24. The summed E-state index contributed by atoms with van der Waals surface area (Å²) in [6.07, 6.45) is 5.58. The van der Waals surface area contributed by atoms with Crippen LogP contribution in [0.1, 0.15) is 44.0 Å². The van der Waals surface area contributed by atoms with Crippen molar-refractivity contribution in [1.82, 2.24) is 19.7 Å². The van der Waals surface area contributed by atoms with E-state index < -0.39 is 0 Å². The molecule has 0 N–H and O–H groups in total. The number of para-hydroxylation sites is 1. The molecule has 1 aliphatic carbocycles. The van der Waals surface area contributed by atoms with Crippen LogP contribution in [0.3, 0.4) is 0 Å². The number of fused-ring (bicyclic) bond motifs is 1. The van der Waals surface area contributed by atoms with E-state index in [4.69, 9.17) is 9.40 Å². The third kappa shape index (κ3) is 3.77. The molecule has 1 aliphatic rings. The van der Waals surface area contributed by atoms with Crippen LogP contribution >= 0.6 is 11.8 Å². The summed E-state index contributed by atoms with van der Waals surface area (Å²) in [7, 11) is 0. The minimum Gasteiger partial charge on any atom is -0.420 e. The van der Waals surface area contributed by atoms with E-state index in [1.807, 2.05) is 59.2 Å². The molecule has 4 aromatic rings. The van der Waals surface area contributed by atoms with Crippen LogP contribution in [0.25, 0.3) is 22.4 Å². The first-order valence-electron chi connectivity index (χ1n) is 10.3. The lowest BCUT2D eigenvalue weighted by molar-refractivity contribution is 0.326. The second-order valence-electron chi connectivity index (χ2n) is 7.53. The van der Waals surface area contributed by atoms with Gasteiger partial charge in [-0.2, -0.15) is 0 Å². The van der Waals surface area contributed by atoms with E-state index in [0.29, 0.717) is 22.9 Å². The highest BCUT2D eigenvalue weighted by Gasteiger charge is 2.22. The summed E-state index contributed by atoms with van der Waals surface area (Å²) in [6.45, 7) is 0. The van der Waals surface area contributed by atoms with E-state index in [1.54, 1.807) is 0 Å². The maximum Gasteiger partial charge on any atom is 0.262 e. The van der Waals surface area contributed by atoms with Crippen molar-refractivity contribution in [3.05, 3.63) is 70.8 Å². The van der Waals surface area contributed by atoms with Crippen LogP contribution in [-0.4, -0.2) is 19.7 Å². The van der Waals surface area contributed by atoms with Crippen molar-refractivity contribution >= 4 is 22.7 Å². The van der Waals surface area contributed by atoms with Gasteiger partial charge in [0, 0.05) is 11.6 Å². The molecule has 0 spiro atoms. The molecule has 5 rings (SSSR count). The number of nitrogens with zero attached hydrogens (tertiary/aromatic N) is 4. The molecule has 0 unspecified atom stereocenters. The summed E-state index contributed by atoms with van der Waals surface area (Å²) in [5, 5.41) is 9.75. The van der Waals surface area contributed by atoms with Gasteiger partial charge in [0.05, 0.1) is 16.7 Å². The molecule has 0 aliphatic heterocycles. The number of thioether (sulfide) groups is 1. The van der Waals surface area contributed by atoms with E-state index in [0.717, 1.165) is 41.9 Å². The first kappa shape index (κ1) is 19.1. The lowest BCUT2D eigenvalue weighted by Gasteiger charge is -2.26. The second-order valence-corrected chi connectivity index (χ2v) is 8.48. The van der Waals surface area contributed by atoms with E-state index in [1.165, 1.54) is 18.2 Å². The van der Waals surface area contributed by atoms with E-state index >= 15 is 0 Å². The van der Waals surface area contributed by atoms with Crippen molar-refractivity contribution in [3.8, 4) is 11.5 Å². The fourth-order valence-corrected chi connectivity index (χ4v) is 4.93. The van der Waals surface area contributed by atoms with Gasteiger partial charge in [-0.25, -0.2) is 4.98 Å². The zero-order chi connectivity index (χ0) is 20.3. The van der Waals surface area contributed by atoms with Crippen LogP contribution in [-0.2, 0) is 5.75 Å². The summed E-state index contributed by atoms with van der Waals surface area (Å²) in [5.74, 6) is 1.50. The van der Waals surface area contributed by atoms with Crippen LogP contribution < -0.4 is 5.56 Å². The normalized spacial score (nSPS) is 14.9. The van der Waals surface area contributed by atoms with E-state index in [9.17, 15) is 4.79 Å². The summed E-state index contributed by atoms with van der Waals surface area (Å²) < 4.78 is 7.74. The Balaban J connectivity index is 1.46. The Labute approximate surface area is 178 Å². The monoisotopic (exact) mass is 418 g/mol. The van der Waals surface area contributed by atoms with Gasteiger partial charge in [-0.3, -0.25) is 9.36 Å². The van der Waals surface area contributed by atoms with Gasteiger partial charge in [0.1, 0.15) is 0 Å². The number of hydrogen-bond donors (Lipinski definition) is 0. The first-order chi connectivity index (χ1) is 14.8. The molecule has 2 aromatic heterocycles. The molecule has 1 fully saturated rings. The SMILES string of the molecule is O=c1c2ccccc2nc(SCc2nnc(-c3ccccc3)o2)n1C1CCCCC1. The van der Waals surface area contributed by atoms with Crippen LogP contribution in [0.5, 0.6) is 0 Å². The van der Waals surface area contributed by atoms with Crippen molar-refractivity contribution in [2.75, 3.05) is 0 Å². The van der Waals surface area contributed by atoms with Crippen LogP contribution in [0.4, 0.5) is 0 Å². The Bertz CT molecular complexity index is 1210. The number of aromatic nitrogens is 4. The fourth-order valence-electron chi connectivity index (χ4n) is 4.02. The maximum atomic E-state index is 13.3. The molecule has 152 valence electrons. The fraction of sp³-hybridized carbons (Fsp3) is 0.304. The molecular formula is C23H22N4O2S. The van der Waals surface area contributed by atoms with Gasteiger partial charge in [0.15, 0.2) is 5.16 Å². The Morgan fingerprint density at radius 1 is 0.967 bits per heavy atom. The minimum absolute atomic E-state index is 0.0468. The average molecular weight is 419 g/mol. The standard InChI is InChI=1S/C23H22N4O2S/c28-22-18-13-7-8-14-19(18)24-23(27(22)17-11-5-2-6-12-17)30-15-20-25-26-21(29-20)16-9-3-1-4-10-16/h1,3-4,7-10,13-14,17H,2,5-6,11-12,15H2. The molecule has 30 heavy (non-hydrogen) atoms. The van der Waals surface area contributed by atoms with Crippen molar-refractivity contribution in [3.63, 3.8) is 0 Å². The van der Waals surface area contributed by atoms with Crippen molar-refractivity contribution in [2.24, 2.45) is 0 Å². The Morgan fingerprint density at radius 2 is 1.73 bits per heavy atom. The predicted molar refractivity (Wildman–Crippen MR) is 117 cm³/mol. The lowest BCUT2D eigenvalue weighted by Crippen LogP contribution is -2.29. The van der Waals surface area contributed by atoms with Gasteiger partial charge in [0.25, 0.3) is 5.56 Å². The van der Waals surface area contributed by atoms with Gasteiger partial charge in [-0.05, 0) is 37.1 Å². The lowest BCUT2D eigenvalue weighted by atomic mass is 9.95. The van der Waals surface area contributed by atoms with Gasteiger partial charge in [-0.15, -0.1) is 10.2 Å². The largest absolute Gasteiger partial charge is 0.420 e. The van der Waals surface area contributed by atoms with Crippen molar-refractivity contribution in [1.29, 1.82) is 0 Å². The van der Waals surface area contributed by atoms with Gasteiger partial charge in [-0.1, -0.05) is 61.4 Å². The zero-order valence-electron chi connectivity index (χ0n) is 16.5. The number of benzene rings is 2. The zero-order valence-corrected chi connectivity index (χ0v) is 17.3. The smallest absolute Gasteiger partial charge is 0.262 e. The van der Waals surface area contributed by atoms with Crippen LogP contribution in [0.15, 0.2) is 69.0 Å². The molecule has 0 amide bonds. The van der Waals surface area contributed by atoms with Crippen molar-refractivity contribution < 1.29 is 4.42 Å². The second kappa shape index (κ2) is 8.44. The van der Waals surface area contributed by atoms with E-state index in [2.05, 4.69) is 10.2 Å². The Morgan fingerprint density at radius 3 is 2.57 bits per heavy atom. The molecule has 0 radical (unpaired) electrons. The Kier molecular flexibility index (Phi) is 5.36. The van der Waals surface area contributed by atoms with Gasteiger partial charge in [0.2, 0.25) is 11.8 Å². The highest BCUT2D eigenvalue weighted by atomic mass is 32.2. The molecule has 6 nitrogen and oxygen atoms in total. The quantitative estimate of drug-likeness (QED) is 0.326. The topological polar surface area (TPSA) is 73.8 Å². The molecule has 7 heteroatoms. The minimum atomic E-state index is 0.0468. The maximum absolute atomic E-state index is 13.3. The van der Waals surface area contributed by atoms with Gasteiger partial charge < -0.3 is 4.42 Å². The van der Waals surface area contributed by atoms with Crippen molar-refractivity contribution in [2.45, 2.75) is 49.1 Å². The van der Waals surface area contributed by atoms with Crippen LogP contribution in [0, 0.1) is 0 Å². The molecule has 2 heterocycles. The molecule has 2 aromatic carbocycles. The first-order valence-corrected chi connectivity index (χ1v) is 11.3. The molecular weight excluding hydrogens is 396 g/mol. The molecule has 1 saturated carbocycles. The van der Waals surface area contributed by atoms with Gasteiger partial charge >= 0.3 is 0 Å². The molecule has 0 saturated heterocycles. The Hall–Kier alpha value is -2.93. The highest BCUT2D eigenvalue weighted by molar-refractivity contribution is 7.98. The summed E-state index contributed by atoms with van der Waals surface area (Å²) in [6, 6.07) is 17.5. The highest BCUT2D eigenvalue weighted by Crippen LogP contribution is 2.32. The third-order valence-corrected chi connectivity index (χ3v) is 6.47. The summed E-state index contributed by atoms with van der Waals surface area (Å²) >= 11 is 1.49. The number of hydrogen-bond acceptors (Lipinski definition) is 6. The molecule has 0 bridgehead atoms. The van der Waals surface area contributed by atoms with E-state index in [-0.39, 0.29) is 11.6 Å². The summed E-state index contributed by atoms with van der Waals surface area (Å²) in [4.78, 5) is 18.1. The number of rotatable bonds is 5. The molecule has 0 atom stereocenters.